The second-order valence-corrected chi connectivity index (χ2v) is 5.72. The highest BCUT2D eigenvalue weighted by molar-refractivity contribution is 5.97. The molecule has 0 saturated heterocycles. The fraction of sp³-hybridized carbons (Fsp3) is 0.176. The number of carbonyl (C=O) groups excluding carboxylic acids is 1. The minimum atomic E-state index is -0.603. The van der Waals surface area contributed by atoms with Crippen LogP contribution in [-0.2, 0) is 5.54 Å². The highest BCUT2D eigenvalue weighted by Crippen LogP contribution is 2.21. The second kappa shape index (κ2) is 5.26. The zero-order valence-corrected chi connectivity index (χ0v) is 12.4. The highest BCUT2D eigenvalue weighted by atomic mass is 19.1. The topological polar surface area (TPSA) is 57.8 Å². The van der Waals surface area contributed by atoms with Crippen molar-refractivity contribution in [1.82, 2.24) is 15.3 Å². The molecule has 0 aliphatic heterocycles. The average Bonchev–Trinajstić information content (AvgIpc) is 2.94. The van der Waals surface area contributed by atoms with E-state index in [-0.39, 0.29) is 11.7 Å². The van der Waals surface area contributed by atoms with Crippen molar-refractivity contribution in [3.63, 3.8) is 0 Å². The van der Waals surface area contributed by atoms with Crippen LogP contribution in [-0.4, -0.2) is 15.9 Å². The lowest BCUT2D eigenvalue weighted by molar-refractivity contribution is 0.0912. The van der Waals surface area contributed by atoms with E-state index in [1.165, 1.54) is 12.1 Å². The number of carbonyl (C=O) groups is 1. The summed E-state index contributed by atoms with van der Waals surface area (Å²) in [4.78, 5) is 19.6. The van der Waals surface area contributed by atoms with Crippen molar-refractivity contribution < 1.29 is 9.18 Å². The fourth-order valence-electron chi connectivity index (χ4n) is 2.37. The maximum atomic E-state index is 13.0. The molecule has 22 heavy (non-hydrogen) atoms. The molecule has 0 bridgehead atoms. The molecule has 1 heterocycles. The number of imidazole rings is 1. The largest absolute Gasteiger partial charge is 0.345 e. The van der Waals surface area contributed by atoms with Gasteiger partial charge in [0.2, 0.25) is 0 Å². The first-order chi connectivity index (χ1) is 10.5. The summed E-state index contributed by atoms with van der Waals surface area (Å²) in [6, 6.07) is 11.4. The van der Waals surface area contributed by atoms with Gasteiger partial charge in [0, 0.05) is 5.56 Å². The Kier molecular flexibility index (Phi) is 3.41. The standard InChI is InChI=1S/C17H16FN3O/c1-17(2,12-4-6-13(18)7-5-12)21-16(22)11-3-8-14-15(9-11)20-10-19-14/h3-10H,1-2H3,(H,19,20)(H,21,22). The van der Waals surface area contributed by atoms with E-state index in [1.54, 1.807) is 36.7 Å². The number of aromatic nitrogens is 2. The van der Waals surface area contributed by atoms with E-state index < -0.39 is 5.54 Å². The molecule has 1 amide bonds. The predicted molar refractivity (Wildman–Crippen MR) is 83.0 cm³/mol. The van der Waals surface area contributed by atoms with Crippen molar-refractivity contribution in [2.45, 2.75) is 19.4 Å². The third-order valence-corrected chi connectivity index (χ3v) is 3.67. The Morgan fingerprint density at radius 3 is 2.64 bits per heavy atom. The minimum Gasteiger partial charge on any atom is -0.345 e. The van der Waals surface area contributed by atoms with Gasteiger partial charge >= 0.3 is 0 Å². The molecule has 0 unspecified atom stereocenters. The van der Waals surface area contributed by atoms with Crippen LogP contribution in [0.15, 0.2) is 48.8 Å². The van der Waals surface area contributed by atoms with Gasteiger partial charge in [-0.15, -0.1) is 0 Å². The third-order valence-electron chi connectivity index (χ3n) is 3.67. The van der Waals surface area contributed by atoms with E-state index in [2.05, 4.69) is 15.3 Å². The van der Waals surface area contributed by atoms with Crippen LogP contribution in [0.25, 0.3) is 11.0 Å². The maximum Gasteiger partial charge on any atom is 0.252 e. The number of H-pyrrole nitrogens is 1. The molecule has 0 aliphatic rings. The maximum absolute atomic E-state index is 13.0. The van der Waals surface area contributed by atoms with Crippen LogP contribution in [0.3, 0.4) is 0 Å². The van der Waals surface area contributed by atoms with E-state index in [0.717, 1.165) is 16.6 Å². The van der Waals surface area contributed by atoms with Gasteiger partial charge in [0.05, 0.1) is 22.9 Å². The van der Waals surface area contributed by atoms with E-state index in [4.69, 9.17) is 0 Å². The van der Waals surface area contributed by atoms with Crippen LogP contribution in [0.1, 0.15) is 29.8 Å². The normalized spacial score (nSPS) is 11.6. The molecule has 2 N–H and O–H groups in total. The van der Waals surface area contributed by atoms with Crippen molar-refractivity contribution in [1.29, 1.82) is 0 Å². The molecule has 0 radical (unpaired) electrons. The predicted octanol–water partition coefficient (Wildman–Crippen LogP) is 3.37. The smallest absolute Gasteiger partial charge is 0.252 e. The summed E-state index contributed by atoms with van der Waals surface area (Å²) in [5, 5.41) is 2.97. The van der Waals surface area contributed by atoms with Crippen LogP contribution in [0.4, 0.5) is 4.39 Å². The van der Waals surface area contributed by atoms with E-state index in [1.807, 2.05) is 13.8 Å². The zero-order chi connectivity index (χ0) is 15.7. The summed E-state index contributed by atoms with van der Waals surface area (Å²) >= 11 is 0. The summed E-state index contributed by atoms with van der Waals surface area (Å²) in [6.45, 7) is 3.76. The minimum absolute atomic E-state index is 0.189. The number of aromatic amines is 1. The molecule has 2 aromatic carbocycles. The number of hydrogen-bond acceptors (Lipinski definition) is 2. The molecule has 0 atom stereocenters. The van der Waals surface area contributed by atoms with Gasteiger partial charge in [0.1, 0.15) is 5.82 Å². The molecule has 5 heteroatoms. The molecular weight excluding hydrogens is 281 g/mol. The lowest BCUT2D eigenvalue weighted by Crippen LogP contribution is -2.41. The van der Waals surface area contributed by atoms with E-state index >= 15 is 0 Å². The van der Waals surface area contributed by atoms with Crippen LogP contribution < -0.4 is 5.32 Å². The number of nitrogens with zero attached hydrogens (tertiary/aromatic N) is 1. The lowest BCUT2D eigenvalue weighted by atomic mass is 9.94. The van der Waals surface area contributed by atoms with Crippen molar-refractivity contribution in [2.75, 3.05) is 0 Å². The Labute approximate surface area is 127 Å². The molecule has 0 saturated carbocycles. The lowest BCUT2D eigenvalue weighted by Gasteiger charge is -2.27. The number of rotatable bonds is 3. The van der Waals surface area contributed by atoms with Gasteiger partial charge in [-0.2, -0.15) is 0 Å². The first-order valence-corrected chi connectivity index (χ1v) is 6.97. The van der Waals surface area contributed by atoms with Crippen molar-refractivity contribution in [3.8, 4) is 0 Å². The van der Waals surface area contributed by atoms with Crippen LogP contribution >= 0.6 is 0 Å². The number of fused-ring (bicyclic) bond motifs is 1. The van der Waals surface area contributed by atoms with Gasteiger partial charge in [-0.05, 0) is 49.7 Å². The second-order valence-electron chi connectivity index (χ2n) is 5.72. The SMILES string of the molecule is CC(C)(NC(=O)c1ccc2nc[nH]c2c1)c1ccc(F)cc1. The number of nitrogens with one attached hydrogen (secondary N) is 2. The van der Waals surface area contributed by atoms with Gasteiger partial charge in [0.25, 0.3) is 5.91 Å². The molecule has 3 rings (SSSR count). The summed E-state index contributed by atoms with van der Waals surface area (Å²) in [6.07, 6.45) is 1.59. The van der Waals surface area contributed by atoms with E-state index in [9.17, 15) is 9.18 Å². The van der Waals surface area contributed by atoms with Crippen LogP contribution in [0.5, 0.6) is 0 Å². The number of halogens is 1. The Morgan fingerprint density at radius 2 is 1.91 bits per heavy atom. The molecule has 1 aromatic heterocycles. The molecule has 0 fully saturated rings. The van der Waals surface area contributed by atoms with E-state index in [0.29, 0.717) is 5.56 Å². The van der Waals surface area contributed by atoms with Crippen molar-refractivity contribution >= 4 is 16.9 Å². The zero-order valence-electron chi connectivity index (χ0n) is 12.4. The highest BCUT2D eigenvalue weighted by Gasteiger charge is 2.23. The quantitative estimate of drug-likeness (QED) is 0.778. The monoisotopic (exact) mass is 297 g/mol. The summed E-state index contributed by atoms with van der Waals surface area (Å²) in [5.74, 6) is -0.485. The van der Waals surface area contributed by atoms with Gasteiger partial charge in [0.15, 0.2) is 0 Å². The van der Waals surface area contributed by atoms with Gasteiger partial charge in [-0.3, -0.25) is 4.79 Å². The average molecular weight is 297 g/mol. The van der Waals surface area contributed by atoms with Gasteiger partial charge in [-0.1, -0.05) is 12.1 Å². The number of hydrogen-bond donors (Lipinski definition) is 2. The Bertz CT molecular complexity index is 821. The Balaban J connectivity index is 1.84. The number of benzene rings is 2. The summed E-state index contributed by atoms with van der Waals surface area (Å²) < 4.78 is 13.0. The van der Waals surface area contributed by atoms with Crippen molar-refractivity contribution in [2.24, 2.45) is 0 Å². The molecule has 112 valence electrons. The van der Waals surface area contributed by atoms with Crippen LogP contribution in [0, 0.1) is 5.82 Å². The number of amides is 1. The molecule has 4 nitrogen and oxygen atoms in total. The van der Waals surface area contributed by atoms with Gasteiger partial charge < -0.3 is 10.3 Å². The third kappa shape index (κ3) is 2.70. The summed E-state index contributed by atoms with van der Waals surface area (Å²) in [5.41, 5.74) is 2.41. The Hall–Kier alpha value is -2.69. The van der Waals surface area contributed by atoms with Crippen LogP contribution in [0.2, 0.25) is 0 Å². The first kappa shape index (κ1) is 14.3. The molecular formula is C17H16FN3O. The molecule has 0 aliphatic carbocycles. The fourth-order valence-corrected chi connectivity index (χ4v) is 2.37. The first-order valence-electron chi connectivity index (χ1n) is 6.97. The van der Waals surface area contributed by atoms with Gasteiger partial charge in [-0.25, -0.2) is 9.37 Å². The van der Waals surface area contributed by atoms with Crippen molar-refractivity contribution in [3.05, 3.63) is 65.7 Å². The summed E-state index contributed by atoms with van der Waals surface area (Å²) in [7, 11) is 0. The molecule has 3 aromatic rings. The molecule has 0 spiro atoms. The Morgan fingerprint density at radius 1 is 1.18 bits per heavy atom.